The topological polar surface area (TPSA) is 107 Å². The summed E-state index contributed by atoms with van der Waals surface area (Å²) in [5.41, 5.74) is -0.554. The molecule has 1 aliphatic heterocycles. The maximum Gasteiger partial charge on any atom is 0.424 e. The third-order valence-corrected chi connectivity index (χ3v) is 2.53. The number of carbonyl (C=O) groups is 3. The Balaban J connectivity index is 2.44. The predicted octanol–water partition coefficient (Wildman–Crippen LogP) is 1.35. The molecule has 8 heteroatoms. The molecule has 2 rings (SSSR count). The van der Waals surface area contributed by atoms with E-state index in [4.69, 9.17) is 0 Å². The number of hydrogen-bond acceptors (Lipinski definition) is 6. The van der Waals surface area contributed by atoms with Crippen molar-refractivity contribution in [3.05, 3.63) is 39.4 Å². The zero-order valence-corrected chi connectivity index (χ0v) is 9.78. The van der Waals surface area contributed by atoms with E-state index in [9.17, 15) is 24.5 Å². The van der Waals surface area contributed by atoms with Crippen LogP contribution in [0.2, 0.25) is 0 Å². The molecule has 0 radical (unpaired) electrons. The molecule has 98 valence electrons. The van der Waals surface area contributed by atoms with Crippen molar-refractivity contribution in [2.24, 2.45) is 0 Å². The SMILES string of the molecule is CCOC(=O)N1C(=O)c2ccc([N+](=O)[O-])cc2C1=O. The molecule has 0 unspecified atom stereocenters. The lowest BCUT2D eigenvalue weighted by molar-refractivity contribution is -0.384. The molecule has 1 aromatic rings. The first-order valence-corrected chi connectivity index (χ1v) is 5.31. The molecule has 1 aliphatic rings. The van der Waals surface area contributed by atoms with E-state index in [1.165, 1.54) is 6.92 Å². The molecule has 3 amide bonds. The number of nitrogens with zero attached hydrogens (tertiary/aromatic N) is 2. The number of nitro benzene ring substituents is 1. The van der Waals surface area contributed by atoms with E-state index >= 15 is 0 Å². The van der Waals surface area contributed by atoms with Crippen LogP contribution in [0.5, 0.6) is 0 Å². The van der Waals surface area contributed by atoms with Gasteiger partial charge in [-0.25, -0.2) is 4.79 Å². The van der Waals surface area contributed by atoms with Crippen LogP contribution >= 0.6 is 0 Å². The molecule has 0 aliphatic carbocycles. The van der Waals surface area contributed by atoms with E-state index in [0.717, 1.165) is 18.2 Å². The second-order valence-corrected chi connectivity index (χ2v) is 3.63. The number of nitro groups is 1. The lowest BCUT2D eigenvalue weighted by atomic mass is 10.1. The molecule has 0 atom stereocenters. The second-order valence-electron chi connectivity index (χ2n) is 3.63. The summed E-state index contributed by atoms with van der Waals surface area (Å²) >= 11 is 0. The molecule has 0 N–H and O–H groups in total. The van der Waals surface area contributed by atoms with E-state index in [2.05, 4.69) is 4.74 Å². The monoisotopic (exact) mass is 264 g/mol. The van der Waals surface area contributed by atoms with Crippen LogP contribution in [0.1, 0.15) is 27.6 Å². The summed E-state index contributed by atoms with van der Waals surface area (Å²) in [7, 11) is 0. The van der Waals surface area contributed by atoms with Crippen LogP contribution in [-0.2, 0) is 4.74 Å². The normalized spacial score (nSPS) is 13.4. The summed E-state index contributed by atoms with van der Waals surface area (Å²) in [6.45, 7) is 1.54. The van der Waals surface area contributed by atoms with Crippen LogP contribution in [-0.4, -0.2) is 34.3 Å². The van der Waals surface area contributed by atoms with Crippen LogP contribution in [0, 0.1) is 10.1 Å². The number of rotatable bonds is 2. The Bertz CT molecular complexity index is 609. The highest BCUT2D eigenvalue weighted by molar-refractivity contribution is 6.28. The molecule has 0 fully saturated rings. The van der Waals surface area contributed by atoms with Crippen molar-refractivity contribution in [3.63, 3.8) is 0 Å². The first kappa shape index (κ1) is 12.7. The third kappa shape index (κ3) is 1.92. The van der Waals surface area contributed by atoms with Gasteiger partial charge in [0.25, 0.3) is 17.5 Å². The smallest absolute Gasteiger partial charge is 0.424 e. The quantitative estimate of drug-likeness (QED) is 0.453. The van der Waals surface area contributed by atoms with Gasteiger partial charge in [-0.05, 0) is 13.0 Å². The number of hydrogen-bond donors (Lipinski definition) is 0. The zero-order chi connectivity index (χ0) is 14.2. The number of benzene rings is 1. The molecule has 19 heavy (non-hydrogen) atoms. The highest BCUT2D eigenvalue weighted by Crippen LogP contribution is 2.27. The molecule has 0 saturated heterocycles. The zero-order valence-electron chi connectivity index (χ0n) is 9.78. The van der Waals surface area contributed by atoms with Gasteiger partial charge >= 0.3 is 6.09 Å². The molecule has 1 heterocycles. The van der Waals surface area contributed by atoms with Gasteiger partial charge in [-0.1, -0.05) is 0 Å². The van der Waals surface area contributed by atoms with Crippen LogP contribution in [0.4, 0.5) is 10.5 Å². The molecule has 0 saturated carbocycles. The summed E-state index contributed by atoms with van der Waals surface area (Å²) in [5.74, 6) is -1.75. The highest BCUT2D eigenvalue weighted by Gasteiger charge is 2.41. The Labute approximate surface area is 106 Å². The van der Waals surface area contributed by atoms with Gasteiger partial charge < -0.3 is 4.74 Å². The maximum absolute atomic E-state index is 11.9. The summed E-state index contributed by atoms with van der Waals surface area (Å²) in [5, 5.41) is 10.6. The summed E-state index contributed by atoms with van der Waals surface area (Å²) in [6.07, 6.45) is -1.09. The molecular weight excluding hydrogens is 256 g/mol. The van der Waals surface area contributed by atoms with Gasteiger partial charge in [-0.15, -0.1) is 0 Å². The Morgan fingerprint density at radius 2 is 1.95 bits per heavy atom. The van der Waals surface area contributed by atoms with E-state index in [0.29, 0.717) is 4.90 Å². The molecule has 0 bridgehead atoms. The fourth-order valence-electron chi connectivity index (χ4n) is 1.70. The second kappa shape index (κ2) is 4.48. The first-order valence-electron chi connectivity index (χ1n) is 5.31. The fraction of sp³-hybridized carbons (Fsp3) is 0.182. The lowest BCUT2D eigenvalue weighted by Gasteiger charge is -2.10. The average molecular weight is 264 g/mol. The minimum Gasteiger partial charge on any atom is -0.449 e. The minimum atomic E-state index is -1.09. The number of ether oxygens (including phenoxy) is 1. The molecule has 0 aromatic heterocycles. The van der Waals surface area contributed by atoms with Gasteiger partial charge in [0.2, 0.25) is 0 Å². The Morgan fingerprint density at radius 1 is 1.32 bits per heavy atom. The molecule has 1 aromatic carbocycles. The largest absolute Gasteiger partial charge is 0.449 e. The lowest BCUT2D eigenvalue weighted by Crippen LogP contribution is -2.36. The van der Waals surface area contributed by atoms with Crippen molar-refractivity contribution < 1.29 is 24.0 Å². The highest BCUT2D eigenvalue weighted by atomic mass is 16.6. The van der Waals surface area contributed by atoms with Gasteiger partial charge in [0.05, 0.1) is 22.7 Å². The number of amides is 3. The van der Waals surface area contributed by atoms with Crippen molar-refractivity contribution in [2.45, 2.75) is 6.92 Å². The molecule has 8 nitrogen and oxygen atoms in total. The van der Waals surface area contributed by atoms with E-state index in [-0.39, 0.29) is 23.4 Å². The van der Waals surface area contributed by atoms with E-state index in [1.54, 1.807) is 0 Å². The number of non-ortho nitro benzene ring substituents is 1. The molecule has 0 spiro atoms. The van der Waals surface area contributed by atoms with Crippen LogP contribution in [0.3, 0.4) is 0 Å². The van der Waals surface area contributed by atoms with Crippen molar-refractivity contribution >= 4 is 23.6 Å². The number of fused-ring (bicyclic) bond motifs is 1. The van der Waals surface area contributed by atoms with Crippen molar-refractivity contribution in [1.29, 1.82) is 0 Å². The Hall–Kier alpha value is -2.77. The van der Waals surface area contributed by atoms with Crippen LogP contribution < -0.4 is 0 Å². The Morgan fingerprint density at radius 3 is 2.53 bits per heavy atom. The van der Waals surface area contributed by atoms with Crippen molar-refractivity contribution in [2.75, 3.05) is 6.61 Å². The fourth-order valence-corrected chi connectivity index (χ4v) is 1.70. The van der Waals surface area contributed by atoms with Gasteiger partial charge in [0, 0.05) is 12.1 Å². The van der Waals surface area contributed by atoms with Gasteiger partial charge in [0.1, 0.15) is 0 Å². The number of imide groups is 3. The van der Waals surface area contributed by atoms with Crippen LogP contribution in [0.15, 0.2) is 18.2 Å². The average Bonchev–Trinajstić information content (AvgIpc) is 2.62. The summed E-state index contributed by atoms with van der Waals surface area (Å²) < 4.78 is 4.59. The van der Waals surface area contributed by atoms with Crippen LogP contribution in [0.25, 0.3) is 0 Å². The Kier molecular flexibility index (Phi) is 2.99. The molecular formula is C11H8N2O6. The standard InChI is InChI=1S/C11H8N2O6/c1-2-19-11(16)12-9(14)7-4-3-6(13(17)18)5-8(7)10(12)15/h3-5H,2H2,1H3. The first-order chi connectivity index (χ1) is 8.97. The van der Waals surface area contributed by atoms with E-state index in [1.807, 2.05) is 0 Å². The third-order valence-electron chi connectivity index (χ3n) is 2.53. The van der Waals surface area contributed by atoms with Crippen molar-refractivity contribution in [3.8, 4) is 0 Å². The van der Waals surface area contributed by atoms with Gasteiger partial charge in [-0.3, -0.25) is 19.7 Å². The summed E-state index contributed by atoms with van der Waals surface area (Å²) in [4.78, 5) is 45.5. The van der Waals surface area contributed by atoms with Gasteiger partial charge in [-0.2, -0.15) is 4.90 Å². The summed E-state index contributed by atoms with van der Waals surface area (Å²) in [6, 6.07) is 3.21. The van der Waals surface area contributed by atoms with E-state index < -0.39 is 22.8 Å². The maximum atomic E-state index is 11.9. The number of carbonyl (C=O) groups excluding carboxylic acids is 3. The minimum absolute atomic E-state index is 0.00634. The van der Waals surface area contributed by atoms with Crippen molar-refractivity contribution in [1.82, 2.24) is 4.90 Å². The predicted molar refractivity (Wildman–Crippen MR) is 60.6 cm³/mol. The van der Waals surface area contributed by atoms with Gasteiger partial charge in [0.15, 0.2) is 0 Å².